The molecule has 2 amide bonds. The molecule has 0 radical (unpaired) electrons. The maximum atomic E-state index is 13.2. The summed E-state index contributed by atoms with van der Waals surface area (Å²) in [6, 6.07) is 13.6. The first-order valence-electron chi connectivity index (χ1n) is 8.92. The molecule has 0 spiro atoms. The van der Waals surface area contributed by atoms with Gasteiger partial charge in [0, 0.05) is 43.9 Å². The van der Waals surface area contributed by atoms with Crippen molar-refractivity contribution in [3.8, 4) is 0 Å². The van der Waals surface area contributed by atoms with Crippen molar-refractivity contribution in [2.45, 2.75) is 25.9 Å². The first-order valence-corrected chi connectivity index (χ1v) is 8.92. The van der Waals surface area contributed by atoms with Gasteiger partial charge >= 0.3 is 0 Å². The van der Waals surface area contributed by atoms with Crippen LogP contribution in [0, 0.1) is 0 Å². The number of ether oxygens (including phenoxy) is 1. The van der Waals surface area contributed by atoms with Gasteiger partial charge in [0.2, 0.25) is 5.91 Å². The summed E-state index contributed by atoms with van der Waals surface area (Å²) in [5.74, 6) is 0.0130. The van der Waals surface area contributed by atoms with Crippen molar-refractivity contribution >= 4 is 23.2 Å². The van der Waals surface area contributed by atoms with E-state index < -0.39 is 0 Å². The van der Waals surface area contributed by atoms with Crippen molar-refractivity contribution in [3.05, 3.63) is 59.2 Å². The predicted molar refractivity (Wildman–Crippen MR) is 101 cm³/mol. The zero-order valence-corrected chi connectivity index (χ0v) is 15.1. The van der Waals surface area contributed by atoms with Gasteiger partial charge in [-0.15, -0.1) is 0 Å². The van der Waals surface area contributed by atoms with Gasteiger partial charge in [0.1, 0.15) is 0 Å². The number of fused-ring (bicyclic) bond motifs is 2. The van der Waals surface area contributed by atoms with E-state index >= 15 is 0 Å². The number of rotatable bonds is 2. The fourth-order valence-corrected chi connectivity index (χ4v) is 3.93. The maximum absolute atomic E-state index is 13.2. The first-order chi connectivity index (χ1) is 12.6. The number of hydrogen-bond acceptors (Lipinski definition) is 3. The fraction of sp³-hybridized carbons (Fsp3) is 0.333. The Hall–Kier alpha value is -2.66. The Morgan fingerprint density at radius 3 is 2.58 bits per heavy atom. The second kappa shape index (κ2) is 6.57. The Balaban J connectivity index is 1.67. The molecule has 0 saturated carbocycles. The van der Waals surface area contributed by atoms with E-state index in [1.54, 1.807) is 18.9 Å². The average molecular weight is 350 g/mol. The third-order valence-corrected chi connectivity index (χ3v) is 5.30. The van der Waals surface area contributed by atoms with Crippen molar-refractivity contribution in [1.82, 2.24) is 0 Å². The van der Waals surface area contributed by atoms with Crippen LogP contribution in [0.2, 0.25) is 0 Å². The Kier molecular flexibility index (Phi) is 4.24. The molecule has 2 aliphatic heterocycles. The molecule has 0 aromatic heterocycles. The third kappa shape index (κ3) is 2.78. The van der Waals surface area contributed by atoms with Crippen LogP contribution in [0.5, 0.6) is 0 Å². The number of hydrogen-bond donors (Lipinski definition) is 0. The van der Waals surface area contributed by atoms with Gasteiger partial charge in [0.05, 0.1) is 12.6 Å². The molecule has 0 N–H and O–H groups in total. The highest BCUT2D eigenvalue weighted by molar-refractivity contribution is 6.07. The number of benzene rings is 2. The van der Waals surface area contributed by atoms with Crippen molar-refractivity contribution in [2.24, 2.45) is 0 Å². The number of nitrogens with zero attached hydrogens (tertiary/aromatic N) is 2. The summed E-state index contributed by atoms with van der Waals surface area (Å²) in [5.41, 5.74) is 4.71. The van der Waals surface area contributed by atoms with E-state index in [2.05, 4.69) is 0 Å². The van der Waals surface area contributed by atoms with Gasteiger partial charge in [-0.3, -0.25) is 9.59 Å². The molecule has 1 unspecified atom stereocenters. The highest BCUT2D eigenvalue weighted by Gasteiger charge is 2.30. The predicted octanol–water partition coefficient (Wildman–Crippen LogP) is 2.81. The smallest absolute Gasteiger partial charge is 0.258 e. The van der Waals surface area contributed by atoms with Crippen LogP contribution in [0.3, 0.4) is 0 Å². The lowest BCUT2D eigenvalue weighted by molar-refractivity contribution is -0.116. The maximum Gasteiger partial charge on any atom is 0.258 e. The highest BCUT2D eigenvalue weighted by atomic mass is 16.5. The summed E-state index contributed by atoms with van der Waals surface area (Å²) in [7, 11) is 1.69. The fourth-order valence-electron chi connectivity index (χ4n) is 3.93. The lowest BCUT2D eigenvalue weighted by atomic mass is 9.98. The topological polar surface area (TPSA) is 49.9 Å². The molecule has 2 aliphatic rings. The van der Waals surface area contributed by atoms with Crippen molar-refractivity contribution < 1.29 is 14.3 Å². The van der Waals surface area contributed by atoms with Gasteiger partial charge in [-0.05, 0) is 41.8 Å². The highest BCUT2D eigenvalue weighted by Crippen LogP contribution is 2.32. The molecule has 4 rings (SSSR count). The van der Waals surface area contributed by atoms with Crippen LogP contribution >= 0.6 is 0 Å². The van der Waals surface area contributed by atoms with E-state index in [9.17, 15) is 9.59 Å². The molecular formula is C21H22N2O3. The van der Waals surface area contributed by atoms with E-state index in [1.807, 2.05) is 47.4 Å². The molecular weight excluding hydrogens is 328 g/mol. The lowest BCUT2D eigenvalue weighted by Crippen LogP contribution is -2.43. The molecule has 0 bridgehead atoms. The standard InChI is InChI=1S/C21H22N2O3/c1-14(24)22-10-9-16-11-17(7-8-20(16)22)21(25)23-13-18(26-2)12-15-5-3-4-6-19(15)23/h3-8,11,18H,9-10,12-13H2,1-2H3. The van der Waals surface area contributed by atoms with Crippen LogP contribution in [0.4, 0.5) is 11.4 Å². The van der Waals surface area contributed by atoms with E-state index in [-0.39, 0.29) is 17.9 Å². The summed E-state index contributed by atoms with van der Waals surface area (Å²) >= 11 is 0. The molecule has 2 heterocycles. The summed E-state index contributed by atoms with van der Waals surface area (Å²) in [6.07, 6.45) is 1.60. The quantitative estimate of drug-likeness (QED) is 0.837. The Morgan fingerprint density at radius 2 is 1.81 bits per heavy atom. The van der Waals surface area contributed by atoms with Crippen molar-refractivity contribution in [3.63, 3.8) is 0 Å². The van der Waals surface area contributed by atoms with E-state index in [1.165, 1.54) is 0 Å². The SMILES string of the molecule is COC1Cc2ccccc2N(C(=O)c2ccc3c(c2)CCN3C(C)=O)C1. The average Bonchev–Trinajstić information content (AvgIpc) is 3.10. The molecule has 5 heteroatoms. The van der Waals surface area contributed by atoms with Gasteiger partial charge < -0.3 is 14.5 Å². The Bertz CT molecular complexity index is 877. The Morgan fingerprint density at radius 1 is 1.04 bits per heavy atom. The van der Waals surface area contributed by atoms with Crippen LogP contribution in [0.1, 0.15) is 28.4 Å². The van der Waals surface area contributed by atoms with Gasteiger partial charge in [-0.2, -0.15) is 0 Å². The lowest BCUT2D eigenvalue weighted by Gasteiger charge is -2.34. The summed E-state index contributed by atoms with van der Waals surface area (Å²) in [4.78, 5) is 28.5. The van der Waals surface area contributed by atoms with Crippen LogP contribution in [-0.2, 0) is 22.4 Å². The third-order valence-electron chi connectivity index (χ3n) is 5.30. The summed E-state index contributed by atoms with van der Waals surface area (Å²) < 4.78 is 5.54. The van der Waals surface area contributed by atoms with Crippen LogP contribution in [0.25, 0.3) is 0 Å². The van der Waals surface area contributed by atoms with Gasteiger partial charge in [0.15, 0.2) is 0 Å². The number of carbonyl (C=O) groups is 2. The van der Waals surface area contributed by atoms with E-state index in [0.717, 1.165) is 35.3 Å². The minimum atomic E-state index is -0.0247. The van der Waals surface area contributed by atoms with Crippen LogP contribution in [0.15, 0.2) is 42.5 Å². The zero-order chi connectivity index (χ0) is 18.3. The van der Waals surface area contributed by atoms with Crippen molar-refractivity contribution in [1.29, 1.82) is 0 Å². The number of carbonyl (C=O) groups excluding carboxylic acids is 2. The number of amides is 2. The number of para-hydroxylation sites is 1. The van der Waals surface area contributed by atoms with Gasteiger partial charge in [-0.25, -0.2) is 0 Å². The molecule has 0 saturated heterocycles. The molecule has 5 nitrogen and oxygen atoms in total. The second-order valence-electron chi connectivity index (χ2n) is 6.87. The zero-order valence-electron chi connectivity index (χ0n) is 15.1. The van der Waals surface area contributed by atoms with Crippen LogP contribution in [-0.4, -0.2) is 38.1 Å². The number of methoxy groups -OCH3 is 1. The monoisotopic (exact) mass is 350 g/mol. The summed E-state index contributed by atoms with van der Waals surface area (Å²) in [6.45, 7) is 2.80. The van der Waals surface area contributed by atoms with E-state index in [4.69, 9.17) is 4.74 Å². The van der Waals surface area contributed by atoms with E-state index in [0.29, 0.717) is 18.7 Å². The number of anilines is 2. The molecule has 134 valence electrons. The normalized spacial score (nSPS) is 18.5. The largest absolute Gasteiger partial charge is 0.379 e. The molecule has 2 aromatic rings. The van der Waals surface area contributed by atoms with Crippen molar-refractivity contribution in [2.75, 3.05) is 30.0 Å². The minimum absolute atomic E-state index is 0.00326. The first kappa shape index (κ1) is 16.8. The minimum Gasteiger partial charge on any atom is -0.379 e. The molecule has 0 fully saturated rings. The summed E-state index contributed by atoms with van der Waals surface area (Å²) in [5, 5.41) is 0. The molecule has 0 aliphatic carbocycles. The molecule has 1 atom stereocenters. The van der Waals surface area contributed by atoms with Gasteiger partial charge in [0.25, 0.3) is 5.91 Å². The molecule has 2 aromatic carbocycles. The van der Waals surface area contributed by atoms with Gasteiger partial charge in [-0.1, -0.05) is 18.2 Å². The second-order valence-corrected chi connectivity index (χ2v) is 6.87. The Labute approximate surface area is 153 Å². The van der Waals surface area contributed by atoms with Crippen LogP contribution < -0.4 is 9.80 Å². The molecule has 26 heavy (non-hydrogen) atoms.